The van der Waals surface area contributed by atoms with Crippen LogP contribution in [0.15, 0.2) is 36.4 Å². The molecular weight excluding hydrogens is 324 g/mol. The number of likely N-dealkylation sites (tertiary alicyclic amines) is 1. The number of hydrogen-bond donors (Lipinski definition) is 1. The highest BCUT2D eigenvalue weighted by Gasteiger charge is 2.41. The topological polar surface area (TPSA) is 66.5 Å². The number of hydrogen-bond acceptors (Lipinski definition) is 4. The average Bonchev–Trinajstić information content (AvgIpc) is 2.89. The summed E-state index contributed by atoms with van der Waals surface area (Å²) >= 11 is 0. The number of nitrogens with one attached hydrogen (secondary N) is 1. The Bertz CT molecular complexity index is 694. The molecule has 24 heavy (non-hydrogen) atoms. The molecule has 3 rings (SSSR count). The highest BCUT2D eigenvalue weighted by atomic mass is 32.2. The van der Waals surface area contributed by atoms with Crippen molar-refractivity contribution in [2.45, 2.75) is 31.3 Å². The molecule has 2 fully saturated rings. The lowest BCUT2D eigenvalue weighted by Crippen LogP contribution is -2.52. The van der Waals surface area contributed by atoms with Crippen molar-refractivity contribution >= 4 is 21.8 Å². The van der Waals surface area contributed by atoms with Gasteiger partial charge in [0.05, 0.1) is 17.5 Å². The van der Waals surface area contributed by atoms with E-state index in [0.717, 1.165) is 31.5 Å². The summed E-state index contributed by atoms with van der Waals surface area (Å²) in [5.41, 5.74) is 0.944. The molecule has 1 amide bonds. The monoisotopic (exact) mass is 348 g/mol. The van der Waals surface area contributed by atoms with Crippen LogP contribution in [0.25, 0.3) is 6.08 Å². The van der Waals surface area contributed by atoms with E-state index >= 15 is 0 Å². The summed E-state index contributed by atoms with van der Waals surface area (Å²) < 4.78 is 24.1. The van der Waals surface area contributed by atoms with Gasteiger partial charge < -0.3 is 5.32 Å². The maximum Gasteiger partial charge on any atom is 0.244 e. The Morgan fingerprint density at radius 1 is 1.08 bits per heavy atom. The van der Waals surface area contributed by atoms with Crippen LogP contribution in [0.5, 0.6) is 0 Å². The largest absolute Gasteiger partial charge is 0.347 e. The maximum atomic E-state index is 12.2. The summed E-state index contributed by atoms with van der Waals surface area (Å²) in [6, 6.07) is 9.16. The van der Waals surface area contributed by atoms with Crippen LogP contribution in [0, 0.1) is 0 Å². The van der Waals surface area contributed by atoms with Gasteiger partial charge in [0.1, 0.15) is 0 Å². The third-order valence-electron chi connectivity index (χ3n) is 4.74. The average molecular weight is 348 g/mol. The second-order valence-electron chi connectivity index (χ2n) is 6.60. The molecule has 2 aliphatic heterocycles. The lowest BCUT2D eigenvalue weighted by atomic mass is 10.0. The minimum atomic E-state index is -3.09. The fourth-order valence-electron chi connectivity index (χ4n) is 3.54. The summed E-state index contributed by atoms with van der Waals surface area (Å²) in [6.07, 6.45) is 6.63. The van der Waals surface area contributed by atoms with Gasteiger partial charge in [0.2, 0.25) is 5.91 Å². The van der Waals surface area contributed by atoms with E-state index < -0.39 is 9.84 Å². The van der Waals surface area contributed by atoms with Crippen molar-refractivity contribution < 1.29 is 13.2 Å². The van der Waals surface area contributed by atoms with Gasteiger partial charge in [-0.25, -0.2) is 8.42 Å². The van der Waals surface area contributed by atoms with Crippen LogP contribution < -0.4 is 5.32 Å². The molecule has 0 spiro atoms. The summed E-state index contributed by atoms with van der Waals surface area (Å²) in [6.45, 7) is 1.85. The van der Waals surface area contributed by atoms with E-state index in [-0.39, 0.29) is 29.5 Å². The smallest absolute Gasteiger partial charge is 0.244 e. The minimum absolute atomic E-state index is 0.0408. The van der Waals surface area contributed by atoms with Crippen LogP contribution in [0.2, 0.25) is 0 Å². The van der Waals surface area contributed by atoms with Crippen LogP contribution in [-0.2, 0) is 14.6 Å². The van der Waals surface area contributed by atoms with Crippen molar-refractivity contribution in [3.05, 3.63) is 42.0 Å². The van der Waals surface area contributed by atoms with Gasteiger partial charge in [0.25, 0.3) is 0 Å². The number of benzene rings is 1. The second kappa shape index (κ2) is 7.49. The molecule has 2 saturated heterocycles. The van der Waals surface area contributed by atoms with E-state index in [1.807, 2.05) is 30.3 Å². The van der Waals surface area contributed by atoms with Crippen LogP contribution in [-0.4, -0.2) is 55.9 Å². The van der Waals surface area contributed by atoms with Crippen LogP contribution in [0.4, 0.5) is 0 Å². The SMILES string of the molecule is O=C(C=Cc1ccccc1)NC1CS(=O)(=O)CC1N1CCCCC1. The van der Waals surface area contributed by atoms with Gasteiger partial charge in [0, 0.05) is 12.1 Å². The van der Waals surface area contributed by atoms with Gasteiger partial charge in [-0.05, 0) is 37.6 Å². The van der Waals surface area contributed by atoms with Crippen molar-refractivity contribution in [3.8, 4) is 0 Å². The summed E-state index contributed by atoms with van der Waals surface area (Å²) in [5, 5.41) is 2.91. The lowest BCUT2D eigenvalue weighted by Gasteiger charge is -2.34. The second-order valence-corrected chi connectivity index (χ2v) is 8.75. The van der Waals surface area contributed by atoms with Crippen LogP contribution >= 0.6 is 0 Å². The van der Waals surface area contributed by atoms with Crippen molar-refractivity contribution in [1.29, 1.82) is 0 Å². The highest BCUT2D eigenvalue weighted by molar-refractivity contribution is 7.91. The Labute approximate surface area is 143 Å². The van der Waals surface area contributed by atoms with E-state index in [2.05, 4.69) is 10.2 Å². The first-order valence-electron chi connectivity index (χ1n) is 8.52. The summed E-state index contributed by atoms with van der Waals surface area (Å²) in [7, 11) is -3.09. The number of piperidine rings is 1. The molecule has 0 aromatic heterocycles. The minimum Gasteiger partial charge on any atom is -0.347 e. The fourth-order valence-corrected chi connectivity index (χ4v) is 5.50. The molecule has 6 heteroatoms. The molecule has 2 heterocycles. The van der Waals surface area contributed by atoms with E-state index in [1.54, 1.807) is 6.08 Å². The fraction of sp³-hybridized carbons (Fsp3) is 0.500. The van der Waals surface area contributed by atoms with Gasteiger partial charge in [0.15, 0.2) is 9.84 Å². The van der Waals surface area contributed by atoms with Crippen molar-refractivity contribution in [3.63, 3.8) is 0 Å². The molecule has 1 aromatic carbocycles. The quantitative estimate of drug-likeness (QED) is 0.837. The molecule has 1 N–H and O–H groups in total. The van der Waals surface area contributed by atoms with Gasteiger partial charge in [-0.2, -0.15) is 0 Å². The molecule has 0 radical (unpaired) electrons. The standard InChI is InChI=1S/C18H24N2O3S/c21-18(10-9-15-7-3-1-4-8-15)19-16-13-24(22,23)14-17(16)20-11-5-2-6-12-20/h1,3-4,7-10,16-17H,2,5-6,11-14H2,(H,19,21). The molecule has 2 aliphatic rings. The highest BCUT2D eigenvalue weighted by Crippen LogP contribution is 2.22. The number of amides is 1. The normalized spacial score (nSPS) is 27.3. The Kier molecular flexibility index (Phi) is 5.36. The third kappa shape index (κ3) is 4.45. The number of rotatable bonds is 4. The Hall–Kier alpha value is -1.66. The number of carbonyl (C=O) groups is 1. The number of nitrogens with zero attached hydrogens (tertiary/aromatic N) is 1. The number of carbonyl (C=O) groups excluding carboxylic acids is 1. The molecule has 1 aromatic rings. The van der Waals surface area contributed by atoms with Gasteiger partial charge >= 0.3 is 0 Å². The Morgan fingerprint density at radius 3 is 2.50 bits per heavy atom. The zero-order valence-corrected chi connectivity index (χ0v) is 14.5. The molecule has 2 atom stereocenters. The third-order valence-corrected chi connectivity index (χ3v) is 6.45. The van der Waals surface area contributed by atoms with Crippen LogP contribution in [0.1, 0.15) is 24.8 Å². The zero-order chi connectivity index (χ0) is 17.0. The van der Waals surface area contributed by atoms with Crippen molar-refractivity contribution in [2.24, 2.45) is 0 Å². The molecule has 0 saturated carbocycles. The molecule has 130 valence electrons. The van der Waals surface area contributed by atoms with Crippen molar-refractivity contribution in [1.82, 2.24) is 10.2 Å². The molecule has 0 bridgehead atoms. The molecule has 5 nitrogen and oxygen atoms in total. The molecule has 0 aliphatic carbocycles. The maximum absolute atomic E-state index is 12.2. The predicted octanol–water partition coefficient (Wildman–Crippen LogP) is 1.47. The van der Waals surface area contributed by atoms with E-state index in [1.165, 1.54) is 12.5 Å². The Morgan fingerprint density at radius 2 is 1.79 bits per heavy atom. The lowest BCUT2D eigenvalue weighted by molar-refractivity contribution is -0.117. The first kappa shape index (κ1) is 17.2. The Balaban J connectivity index is 1.65. The van der Waals surface area contributed by atoms with Gasteiger partial charge in [-0.1, -0.05) is 36.8 Å². The zero-order valence-electron chi connectivity index (χ0n) is 13.7. The predicted molar refractivity (Wildman–Crippen MR) is 95.3 cm³/mol. The van der Waals surface area contributed by atoms with Gasteiger partial charge in [-0.3, -0.25) is 9.69 Å². The molecule has 2 unspecified atom stereocenters. The number of sulfone groups is 1. The first-order valence-corrected chi connectivity index (χ1v) is 10.3. The molecular formula is C18H24N2O3S. The van der Waals surface area contributed by atoms with E-state index in [0.29, 0.717) is 0 Å². The van der Waals surface area contributed by atoms with Crippen LogP contribution in [0.3, 0.4) is 0 Å². The van der Waals surface area contributed by atoms with E-state index in [4.69, 9.17) is 0 Å². The van der Waals surface area contributed by atoms with E-state index in [9.17, 15) is 13.2 Å². The first-order chi connectivity index (χ1) is 11.5. The summed E-state index contributed by atoms with van der Waals surface area (Å²) in [5.74, 6) is -0.0395. The van der Waals surface area contributed by atoms with Gasteiger partial charge in [-0.15, -0.1) is 0 Å². The van der Waals surface area contributed by atoms with Crippen molar-refractivity contribution in [2.75, 3.05) is 24.6 Å². The summed E-state index contributed by atoms with van der Waals surface area (Å²) in [4.78, 5) is 14.4.